The molecule has 276 valence electrons. The van der Waals surface area contributed by atoms with Gasteiger partial charge in [-0.1, -0.05) is 45.9 Å². The first-order valence-electron chi connectivity index (χ1n) is 18.5. The lowest BCUT2D eigenvalue weighted by Crippen LogP contribution is -2.61. The maximum Gasteiger partial charge on any atom is 0.329 e. The van der Waals surface area contributed by atoms with Crippen LogP contribution < -0.4 is 0 Å². The molecule has 2 bridgehead atoms. The van der Waals surface area contributed by atoms with E-state index in [0.717, 1.165) is 12.8 Å². The fourth-order valence-corrected chi connectivity index (χ4v) is 8.01. The minimum atomic E-state index is -2.42. The van der Waals surface area contributed by atoms with Gasteiger partial charge in [-0.05, 0) is 101 Å². The number of aliphatic hydroxyl groups excluding tert-OH is 2. The zero-order valence-corrected chi connectivity index (χ0v) is 30.0. The number of aliphatic hydroxyl groups is 3. The molecule has 3 N–H and O–H groups in total. The third kappa shape index (κ3) is 9.47. The van der Waals surface area contributed by atoms with Crippen LogP contribution in [0.5, 0.6) is 0 Å². The number of rotatable bonds is 4. The van der Waals surface area contributed by atoms with E-state index < -0.39 is 71.8 Å². The number of allylic oxidation sites excluding steroid dienone is 4. The van der Waals surface area contributed by atoms with E-state index in [-0.39, 0.29) is 30.1 Å². The highest BCUT2D eigenvalue weighted by Crippen LogP contribution is 2.38. The molecule has 0 spiro atoms. The Morgan fingerprint density at radius 3 is 2.43 bits per heavy atom. The standard InChI is InChI=1S/C38H59NO10/c1-23-12-8-6-7-9-14-29(40)26(4)32-20-16-25(3)38(46,49-32)35(43)36(44)39-21-11-10-13-28(39)37(45)48-31(19-15-23)24(2)22-27-17-18-30(41)34(47-5)33(27)42/h8-9,12,14,23-28,30-34,41-42,46H,6-7,10-11,13,15-22H2,1-5H3/b12-8+,14-9+/t23-,24+,25-,26+,27+,28+,30-,31+,32+,33+,34+,38-/m1/s1. The van der Waals surface area contributed by atoms with E-state index in [1.54, 1.807) is 13.8 Å². The summed E-state index contributed by atoms with van der Waals surface area (Å²) >= 11 is 0. The topological polar surface area (TPSA) is 160 Å². The second-order valence-corrected chi connectivity index (χ2v) is 15.1. The predicted octanol–water partition coefficient (Wildman–Crippen LogP) is 4.05. The van der Waals surface area contributed by atoms with Crippen molar-refractivity contribution in [2.45, 2.75) is 147 Å². The normalized spacial score (nSPS) is 41.2. The van der Waals surface area contributed by atoms with Crippen molar-refractivity contribution < 1.29 is 48.7 Å². The molecule has 0 aromatic rings. The highest BCUT2D eigenvalue weighted by molar-refractivity contribution is 6.39. The second kappa shape index (κ2) is 17.7. The minimum absolute atomic E-state index is 0.151. The number of ketones is 2. The van der Waals surface area contributed by atoms with E-state index >= 15 is 0 Å². The number of piperidine rings is 1. The van der Waals surface area contributed by atoms with Crippen LogP contribution in [0.1, 0.15) is 105 Å². The lowest BCUT2D eigenvalue weighted by atomic mass is 9.76. The number of ether oxygens (including phenoxy) is 3. The average molecular weight is 690 g/mol. The summed E-state index contributed by atoms with van der Waals surface area (Å²) in [6.07, 6.45) is 10.8. The summed E-state index contributed by atoms with van der Waals surface area (Å²) in [6, 6.07) is -0.997. The first-order chi connectivity index (χ1) is 23.3. The maximum atomic E-state index is 14.0. The van der Waals surface area contributed by atoms with Gasteiger partial charge >= 0.3 is 5.97 Å². The number of hydrogen-bond acceptors (Lipinski definition) is 10. The molecule has 0 aromatic heterocycles. The number of esters is 1. The van der Waals surface area contributed by atoms with Gasteiger partial charge in [-0.2, -0.15) is 0 Å². The third-order valence-electron chi connectivity index (χ3n) is 11.5. The lowest BCUT2D eigenvalue weighted by molar-refractivity contribution is -0.268. The molecule has 3 aliphatic heterocycles. The third-order valence-corrected chi connectivity index (χ3v) is 11.5. The van der Waals surface area contributed by atoms with Gasteiger partial charge in [-0.25, -0.2) is 4.79 Å². The van der Waals surface area contributed by atoms with Crippen LogP contribution in [0.3, 0.4) is 0 Å². The van der Waals surface area contributed by atoms with Gasteiger partial charge in [0.05, 0.1) is 18.3 Å². The molecular weight excluding hydrogens is 630 g/mol. The molecule has 1 amide bonds. The molecule has 11 nitrogen and oxygen atoms in total. The monoisotopic (exact) mass is 689 g/mol. The van der Waals surface area contributed by atoms with Crippen molar-refractivity contribution in [3.05, 3.63) is 24.3 Å². The fourth-order valence-electron chi connectivity index (χ4n) is 8.01. The molecule has 0 aromatic carbocycles. The van der Waals surface area contributed by atoms with E-state index in [4.69, 9.17) is 14.2 Å². The number of methoxy groups -OCH3 is 1. The minimum Gasteiger partial charge on any atom is -0.461 e. The van der Waals surface area contributed by atoms with E-state index in [1.165, 1.54) is 18.1 Å². The number of hydrogen-bond donors (Lipinski definition) is 3. The van der Waals surface area contributed by atoms with E-state index in [1.807, 2.05) is 13.0 Å². The Hall–Kier alpha value is -2.44. The van der Waals surface area contributed by atoms with Crippen LogP contribution in [-0.2, 0) is 33.4 Å². The highest BCUT2D eigenvalue weighted by atomic mass is 16.6. The molecule has 0 radical (unpaired) electrons. The number of nitrogens with zero attached hydrogens (tertiary/aromatic N) is 1. The Balaban J connectivity index is 1.60. The first-order valence-corrected chi connectivity index (χ1v) is 18.5. The zero-order chi connectivity index (χ0) is 35.9. The number of amides is 1. The Morgan fingerprint density at radius 2 is 1.69 bits per heavy atom. The average Bonchev–Trinajstić information content (AvgIpc) is 3.09. The van der Waals surface area contributed by atoms with Gasteiger partial charge in [0, 0.05) is 25.5 Å². The van der Waals surface area contributed by atoms with Gasteiger partial charge in [0.15, 0.2) is 5.78 Å². The summed E-state index contributed by atoms with van der Waals surface area (Å²) in [5.41, 5.74) is 0. The predicted molar refractivity (Wildman–Crippen MR) is 182 cm³/mol. The van der Waals surface area contributed by atoms with Crippen LogP contribution in [0.25, 0.3) is 0 Å². The van der Waals surface area contributed by atoms with Crippen molar-refractivity contribution in [2.24, 2.45) is 29.6 Å². The summed E-state index contributed by atoms with van der Waals surface area (Å²) < 4.78 is 17.6. The van der Waals surface area contributed by atoms with Crippen molar-refractivity contribution in [1.82, 2.24) is 4.90 Å². The number of Topliss-reactive ketones (excluding diaryl/α,β-unsaturated/α-hetero) is 1. The molecule has 1 aliphatic carbocycles. The summed E-state index contributed by atoms with van der Waals surface area (Å²) in [5.74, 6) is -6.73. The van der Waals surface area contributed by atoms with Crippen molar-refractivity contribution in [3.63, 3.8) is 0 Å². The van der Waals surface area contributed by atoms with Crippen LogP contribution in [0.2, 0.25) is 0 Å². The van der Waals surface area contributed by atoms with Crippen molar-refractivity contribution in [3.8, 4) is 0 Å². The van der Waals surface area contributed by atoms with Crippen LogP contribution in [0, 0.1) is 29.6 Å². The summed E-state index contributed by atoms with van der Waals surface area (Å²) in [7, 11) is 1.48. The van der Waals surface area contributed by atoms with Crippen molar-refractivity contribution in [1.29, 1.82) is 0 Å². The maximum absolute atomic E-state index is 14.0. The van der Waals surface area contributed by atoms with Gasteiger partial charge < -0.3 is 34.4 Å². The van der Waals surface area contributed by atoms with E-state index in [0.29, 0.717) is 64.2 Å². The molecule has 1 saturated carbocycles. The van der Waals surface area contributed by atoms with Gasteiger partial charge in [0.1, 0.15) is 18.2 Å². The first kappa shape index (κ1) is 39.3. The van der Waals surface area contributed by atoms with Crippen LogP contribution in [-0.4, -0.2) is 99.7 Å². The Morgan fingerprint density at radius 1 is 0.959 bits per heavy atom. The molecule has 49 heavy (non-hydrogen) atoms. The molecule has 4 rings (SSSR count). The smallest absolute Gasteiger partial charge is 0.329 e. The number of carbonyl (C=O) groups excluding carboxylic acids is 4. The van der Waals surface area contributed by atoms with Gasteiger partial charge in [0.25, 0.3) is 11.7 Å². The van der Waals surface area contributed by atoms with Gasteiger partial charge in [-0.3, -0.25) is 14.4 Å². The SMILES string of the molecule is CO[C@@H]1[C@@H](O)[C@H](C[C@H](C)[C@@H]2CC[C@H](C)/C=C/CC/C=C/C(=O)[C@H](C)[C@@H]3CC[C@@H](C)[C@@](O)(O3)C(=O)C(=O)N3CCCC[C@H]3C(=O)O2)CC[C@H]1O. The number of cyclic esters (lactones) is 1. The summed E-state index contributed by atoms with van der Waals surface area (Å²) in [4.78, 5) is 55.9. The fraction of sp³-hybridized carbons (Fsp3) is 0.789. The Bertz CT molecular complexity index is 1220. The lowest BCUT2D eigenvalue weighted by Gasteiger charge is -2.43. The van der Waals surface area contributed by atoms with Crippen LogP contribution in [0.4, 0.5) is 0 Å². The molecule has 11 heteroatoms. The van der Waals surface area contributed by atoms with E-state index in [9.17, 15) is 34.5 Å². The molecule has 4 aliphatic rings. The van der Waals surface area contributed by atoms with Crippen molar-refractivity contribution in [2.75, 3.05) is 13.7 Å². The molecule has 3 fully saturated rings. The summed E-state index contributed by atoms with van der Waals surface area (Å²) in [6.45, 7) is 7.61. The quantitative estimate of drug-likeness (QED) is 0.223. The second-order valence-electron chi connectivity index (χ2n) is 15.1. The van der Waals surface area contributed by atoms with Crippen molar-refractivity contribution >= 4 is 23.4 Å². The van der Waals surface area contributed by atoms with Gasteiger partial charge in [-0.15, -0.1) is 0 Å². The molecule has 0 unspecified atom stereocenters. The largest absolute Gasteiger partial charge is 0.461 e. The number of fused-ring (bicyclic) bond motifs is 3. The molecule has 2 saturated heterocycles. The molecule has 12 atom stereocenters. The zero-order valence-electron chi connectivity index (χ0n) is 30.0. The highest BCUT2D eigenvalue weighted by Gasteiger charge is 2.53. The van der Waals surface area contributed by atoms with Crippen LogP contribution in [0.15, 0.2) is 24.3 Å². The molecular formula is C38H59NO10. The summed E-state index contributed by atoms with van der Waals surface area (Å²) in [5, 5.41) is 32.9. The van der Waals surface area contributed by atoms with Crippen LogP contribution >= 0.6 is 0 Å². The Kier molecular flexibility index (Phi) is 14.2. The number of carbonyl (C=O) groups is 4. The molecule has 3 heterocycles. The van der Waals surface area contributed by atoms with E-state index in [2.05, 4.69) is 19.1 Å². The van der Waals surface area contributed by atoms with Gasteiger partial charge in [0.2, 0.25) is 5.79 Å². The Labute approximate surface area is 291 Å².